The molecule has 5 heteroatoms. The summed E-state index contributed by atoms with van der Waals surface area (Å²) in [6, 6.07) is 16.9. The highest BCUT2D eigenvalue weighted by molar-refractivity contribution is 5.97. The third-order valence-corrected chi connectivity index (χ3v) is 6.18. The van der Waals surface area contributed by atoms with Gasteiger partial charge in [0.2, 0.25) is 0 Å². The standard InChI is InChI=1S/C23H27NO4/c1-2-27-21-16-20(25)23(21)12-14-24(15-13-23)22(26)18-10-6-7-11-19(18)28-17-8-4-3-5-9-17/h3-11,20-21,25H,2,12-16H2,1H3. The smallest absolute Gasteiger partial charge is 0.257 e. The van der Waals surface area contributed by atoms with Gasteiger partial charge in [0.1, 0.15) is 11.5 Å². The van der Waals surface area contributed by atoms with Crippen molar-refractivity contribution in [2.75, 3.05) is 19.7 Å². The molecule has 1 amide bonds. The Morgan fingerprint density at radius 1 is 1.11 bits per heavy atom. The summed E-state index contributed by atoms with van der Waals surface area (Å²) in [5.74, 6) is 1.25. The van der Waals surface area contributed by atoms with Crippen LogP contribution >= 0.6 is 0 Å². The minimum atomic E-state index is -0.324. The number of amides is 1. The number of hydrogen-bond donors (Lipinski definition) is 1. The molecule has 1 N–H and O–H groups in total. The number of rotatable bonds is 5. The van der Waals surface area contributed by atoms with Gasteiger partial charge in [0, 0.05) is 31.5 Å². The van der Waals surface area contributed by atoms with Crippen LogP contribution in [0.15, 0.2) is 54.6 Å². The number of hydrogen-bond acceptors (Lipinski definition) is 4. The van der Waals surface area contributed by atoms with Crippen molar-refractivity contribution in [2.24, 2.45) is 5.41 Å². The first-order valence-electron chi connectivity index (χ1n) is 10.0. The van der Waals surface area contributed by atoms with Gasteiger partial charge in [0.25, 0.3) is 5.91 Å². The molecule has 0 radical (unpaired) electrons. The van der Waals surface area contributed by atoms with Crippen molar-refractivity contribution in [3.8, 4) is 11.5 Å². The molecule has 2 fully saturated rings. The Hall–Kier alpha value is -2.37. The van der Waals surface area contributed by atoms with Gasteiger partial charge in [-0.1, -0.05) is 30.3 Å². The van der Waals surface area contributed by atoms with E-state index in [-0.39, 0.29) is 23.5 Å². The highest BCUT2D eigenvalue weighted by Gasteiger charge is 2.56. The van der Waals surface area contributed by atoms with Crippen LogP contribution in [0.1, 0.15) is 36.5 Å². The molecule has 1 spiro atoms. The zero-order valence-electron chi connectivity index (χ0n) is 16.2. The van der Waals surface area contributed by atoms with Crippen LogP contribution in [0.3, 0.4) is 0 Å². The second kappa shape index (κ2) is 7.94. The lowest BCUT2D eigenvalue weighted by atomic mass is 9.58. The van der Waals surface area contributed by atoms with E-state index < -0.39 is 0 Å². The van der Waals surface area contributed by atoms with Crippen molar-refractivity contribution >= 4 is 5.91 Å². The largest absolute Gasteiger partial charge is 0.457 e. The molecule has 5 nitrogen and oxygen atoms in total. The first-order valence-corrected chi connectivity index (χ1v) is 10.0. The van der Waals surface area contributed by atoms with Gasteiger partial charge in [-0.05, 0) is 44.0 Å². The quantitative estimate of drug-likeness (QED) is 0.854. The topological polar surface area (TPSA) is 59.0 Å². The molecule has 1 saturated heterocycles. The zero-order chi connectivity index (χ0) is 19.6. The number of carbonyl (C=O) groups excluding carboxylic acids is 1. The molecule has 1 aliphatic carbocycles. The fourth-order valence-corrected chi connectivity index (χ4v) is 4.46. The van der Waals surface area contributed by atoms with Gasteiger partial charge >= 0.3 is 0 Å². The van der Waals surface area contributed by atoms with Crippen molar-refractivity contribution < 1.29 is 19.4 Å². The normalized spacial score (nSPS) is 23.3. The number of carbonyl (C=O) groups is 1. The minimum Gasteiger partial charge on any atom is -0.457 e. The Morgan fingerprint density at radius 2 is 1.79 bits per heavy atom. The lowest BCUT2D eigenvalue weighted by Crippen LogP contribution is -2.62. The van der Waals surface area contributed by atoms with Crippen molar-refractivity contribution in [2.45, 2.75) is 38.4 Å². The highest BCUT2D eigenvalue weighted by Crippen LogP contribution is 2.51. The van der Waals surface area contributed by atoms with E-state index in [1.54, 1.807) is 0 Å². The summed E-state index contributed by atoms with van der Waals surface area (Å²) < 4.78 is 11.8. The Kier molecular flexibility index (Phi) is 5.38. The average molecular weight is 381 g/mol. The van der Waals surface area contributed by atoms with E-state index in [0.717, 1.165) is 12.8 Å². The molecule has 2 unspecified atom stereocenters. The third-order valence-electron chi connectivity index (χ3n) is 6.18. The maximum absolute atomic E-state index is 13.2. The lowest BCUT2D eigenvalue weighted by Gasteiger charge is -2.56. The molecule has 2 aromatic rings. The van der Waals surface area contributed by atoms with E-state index in [1.807, 2.05) is 66.4 Å². The summed E-state index contributed by atoms with van der Waals surface area (Å²) in [5, 5.41) is 10.4. The van der Waals surface area contributed by atoms with Crippen molar-refractivity contribution in [1.82, 2.24) is 4.90 Å². The molecule has 2 atom stereocenters. The Labute approximate surface area is 165 Å². The molecule has 4 rings (SSSR count). The van der Waals surface area contributed by atoms with Crippen LogP contribution in [0.25, 0.3) is 0 Å². The number of benzene rings is 2. The second-order valence-corrected chi connectivity index (χ2v) is 7.63. The van der Waals surface area contributed by atoms with Gasteiger partial charge in [-0.2, -0.15) is 0 Å². The molecule has 2 aromatic carbocycles. The third kappa shape index (κ3) is 3.40. The number of aliphatic hydroxyl groups excluding tert-OH is 1. The van der Waals surface area contributed by atoms with Crippen LogP contribution < -0.4 is 4.74 Å². The highest BCUT2D eigenvalue weighted by atomic mass is 16.5. The van der Waals surface area contributed by atoms with Gasteiger partial charge in [0.05, 0.1) is 17.8 Å². The molecule has 0 bridgehead atoms. The van der Waals surface area contributed by atoms with Crippen LogP contribution in [-0.2, 0) is 4.74 Å². The molecular weight excluding hydrogens is 354 g/mol. The molecule has 1 aliphatic heterocycles. The van der Waals surface area contributed by atoms with Crippen LogP contribution in [-0.4, -0.2) is 47.8 Å². The molecule has 1 saturated carbocycles. The number of nitrogens with zero attached hydrogens (tertiary/aromatic N) is 1. The van der Waals surface area contributed by atoms with Gasteiger partial charge in [-0.3, -0.25) is 4.79 Å². The predicted octanol–water partition coefficient (Wildman–Crippen LogP) is 3.87. The maximum Gasteiger partial charge on any atom is 0.257 e. The van der Waals surface area contributed by atoms with Crippen LogP contribution in [0.2, 0.25) is 0 Å². The van der Waals surface area contributed by atoms with Gasteiger partial charge < -0.3 is 19.5 Å². The summed E-state index contributed by atoms with van der Waals surface area (Å²) in [4.78, 5) is 15.0. The molecule has 1 heterocycles. The first-order chi connectivity index (χ1) is 13.6. The maximum atomic E-state index is 13.2. The molecule has 148 valence electrons. The zero-order valence-corrected chi connectivity index (χ0v) is 16.2. The summed E-state index contributed by atoms with van der Waals surface area (Å²) in [7, 11) is 0. The van der Waals surface area contributed by atoms with E-state index >= 15 is 0 Å². The van der Waals surface area contributed by atoms with E-state index in [1.165, 1.54) is 0 Å². The number of ether oxygens (including phenoxy) is 2. The number of aliphatic hydroxyl groups is 1. The van der Waals surface area contributed by atoms with Crippen LogP contribution in [0.4, 0.5) is 0 Å². The molecule has 2 aliphatic rings. The van der Waals surface area contributed by atoms with Crippen LogP contribution in [0.5, 0.6) is 11.5 Å². The van der Waals surface area contributed by atoms with Gasteiger partial charge in [-0.25, -0.2) is 0 Å². The Balaban J connectivity index is 1.46. The van der Waals surface area contributed by atoms with E-state index in [9.17, 15) is 9.90 Å². The fraction of sp³-hybridized carbons (Fsp3) is 0.435. The monoisotopic (exact) mass is 381 g/mol. The average Bonchev–Trinajstić information content (AvgIpc) is 2.74. The van der Waals surface area contributed by atoms with Crippen LogP contribution in [0, 0.1) is 5.41 Å². The Bertz CT molecular complexity index is 812. The fourth-order valence-electron chi connectivity index (χ4n) is 4.46. The first kappa shape index (κ1) is 19.0. The van der Waals surface area contributed by atoms with Gasteiger partial charge in [0.15, 0.2) is 0 Å². The lowest BCUT2D eigenvalue weighted by molar-refractivity contribution is -0.207. The summed E-state index contributed by atoms with van der Waals surface area (Å²) in [6.07, 6.45) is 2.03. The second-order valence-electron chi connectivity index (χ2n) is 7.63. The summed E-state index contributed by atoms with van der Waals surface area (Å²) in [5.41, 5.74) is 0.380. The number of piperidine rings is 1. The van der Waals surface area contributed by atoms with Crippen molar-refractivity contribution in [3.05, 3.63) is 60.2 Å². The number of likely N-dealkylation sites (tertiary alicyclic amines) is 1. The van der Waals surface area contributed by atoms with E-state index in [4.69, 9.17) is 9.47 Å². The SMILES string of the molecule is CCOC1CC(O)C12CCN(C(=O)c1ccccc1Oc1ccccc1)CC2. The molecule has 0 aromatic heterocycles. The number of para-hydroxylation sites is 2. The summed E-state index contributed by atoms with van der Waals surface area (Å²) in [6.45, 7) is 3.89. The van der Waals surface area contributed by atoms with Crippen molar-refractivity contribution in [1.29, 1.82) is 0 Å². The molecular formula is C23H27NO4. The van der Waals surface area contributed by atoms with Crippen molar-refractivity contribution in [3.63, 3.8) is 0 Å². The van der Waals surface area contributed by atoms with Gasteiger partial charge in [-0.15, -0.1) is 0 Å². The summed E-state index contributed by atoms with van der Waals surface area (Å²) >= 11 is 0. The minimum absolute atomic E-state index is 0.0249. The predicted molar refractivity (Wildman–Crippen MR) is 107 cm³/mol. The molecule has 28 heavy (non-hydrogen) atoms. The Morgan fingerprint density at radius 3 is 2.46 bits per heavy atom. The van der Waals surface area contributed by atoms with E-state index in [2.05, 4.69) is 0 Å². The van der Waals surface area contributed by atoms with E-state index in [0.29, 0.717) is 43.2 Å².